The first-order valence-electron chi connectivity index (χ1n) is 4.94. The molecule has 6 nitrogen and oxygen atoms in total. The lowest BCUT2D eigenvalue weighted by Crippen LogP contribution is -2.20. The smallest absolute Gasteiger partial charge is 0.294 e. The maximum atomic E-state index is 10.8. The summed E-state index contributed by atoms with van der Waals surface area (Å²) in [6, 6.07) is 6.52. The third kappa shape index (κ3) is 1.69. The number of benzene rings is 1. The van der Waals surface area contributed by atoms with Crippen LogP contribution in [0.1, 0.15) is 6.92 Å². The van der Waals surface area contributed by atoms with E-state index < -0.39 is 4.92 Å². The fourth-order valence-electron chi connectivity index (χ4n) is 1.62. The summed E-state index contributed by atoms with van der Waals surface area (Å²) in [6.07, 6.45) is 0. The number of hydrazone groups is 1. The molecular formula is C10H12N4O2. The van der Waals surface area contributed by atoms with Crippen molar-refractivity contribution in [2.75, 3.05) is 11.6 Å². The standard InChI is InChI=1S/C10H12N4O2/c1-7-6-13(12-10(7)11)8-4-2-3-5-9(8)14(15)16/h2-5,7H,6H2,1H3,(H2,11,12). The third-order valence-corrected chi connectivity index (χ3v) is 2.54. The summed E-state index contributed by atoms with van der Waals surface area (Å²) in [5, 5.41) is 16.5. The van der Waals surface area contributed by atoms with Crippen LogP contribution in [0.25, 0.3) is 0 Å². The van der Waals surface area contributed by atoms with E-state index in [0.717, 1.165) is 0 Å². The first kappa shape index (κ1) is 10.4. The molecule has 1 heterocycles. The van der Waals surface area contributed by atoms with Crippen LogP contribution in [0.15, 0.2) is 29.4 Å². The highest BCUT2D eigenvalue weighted by Crippen LogP contribution is 2.30. The summed E-state index contributed by atoms with van der Waals surface area (Å²) in [6.45, 7) is 2.52. The van der Waals surface area contributed by atoms with E-state index in [-0.39, 0.29) is 11.6 Å². The van der Waals surface area contributed by atoms with Gasteiger partial charge in [-0.2, -0.15) is 5.10 Å². The number of hydrogen-bond donors (Lipinski definition) is 1. The van der Waals surface area contributed by atoms with Crippen molar-refractivity contribution in [1.29, 1.82) is 0 Å². The molecule has 16 heavy (non-hydrogen) atoms. The topological polar surface area (TPSA) is 84.8 Å². The zero-order chi connectivity index (χ0) is 11.7. The lowest BCUT2D eigenvalue weighted by molar-refractivity contribution is -0.384. The number of anilines is 1. The Hall–Kier alpha value is -2.11. The van der Waals surface area contributed by atoms with Gasteiger partial charge in [0.1, 0.15) is 11.5 Å². The molecule has 0 saturated carbocycles. The SMILES string of the molecule is CC1CN(c2ccccc2[N+](=O)[O-])N=C1N. The van der Waals surface area contributed by atoms with Gasteiger partial charge in [-0.1, -0.05) is 19.1 Å². The molecular weight excluding hydrogens is 208 g/mol. The number of nitro benzene ring substituents is 1. The zero-order valence-corrected chi connectivity index (χ0v) is 8.83. The Bertz CT molecular complexity index is 458. The van der Waals surface area contributed by atoms with Crippen molar-refractivity contribution in [3.05, 3.63) is 34.4 Å². The van der Waals surface area contributed by atoms with Crippen molar-refractivity contribution in [2.24, 2.45) is 16.8 Å². The number of hydrogen-bond acceptors (Lipinski definition) is 5. The molecule has 0 amide bonds. The van der Waals surface area contributed by atoms with Crippen molar-refractivity contribution < 1.29 is 4.92 Å². The number of nitrogens with two attached hydrogens (primary N) is 1. The summed E-state index contributed by atoms with van der Waals surface area (Å²) >= 11 is 0. The van der Waals surface area contributed by atoms with E-state index in [0.29, 0.717) is 18.1 Å². The highest BCUT2D eigenvalue weighted by molar-refractivity contribution is 5.87. The van der Waals surface area contributed by atoms with E-state index in [2.05, 4.69) is 5.10 Å². The summed E-state index contributed by atoms with van der Waals surface area (Å²) in [5.74, 6) is 0.637. The Morgan fingerprint density at radius 2 is 2.25 bits per heavy atom. The van der Waals surface area contributed by atoms with Gasteiger partial charge in [-0.15, -0.1) is 0 Å². The third-order valence-electron chi connectivity index (χ3n) is 2.54. The first-order chi connectivity index (χ1) is 7.59. The summed E-state index contributed by atoms with van der Waals surface area (Å²) in [4.78, 5) is 10.4. The highest BCUT2D eigenvalue weighted by Gasteiger charge is 2.26. The Morgan fingerprint density at radius 3 is 2.81 bits per heavy atom. The van der Waals surface area contributed by atoms with E-state index in [1.807, 2.05) is 6.92 Å². The Kier molecular flexibility index (Phi) is 2.47. The van der Waals surface area contributed by atoms with Gasteiger partial charge >= 0.3 is 0 Å². The molecule has 0 spiro atoms. The van der Waals surface area contributed by atoms with Gasteiger partial charge in [0.15, 0.2) is 0 Å². The number of rotatable bonds is 2. The van der Waals surface area contributed by atoms with E-state index in [9.17, 15) is 10.1 Å². The predicted molar refractivity (Wildman–Crippen MR) is 61.2 cm³/mol. The Labute approximate surface area is 92.5 Å². The summed E-state index contributed by atoms with van der Waals surface area (Å²) < 4.78 is 0. The van der Waals surface area contributed by atoms with Crippen molar-refractivity contribution >= 4 is 17.2 Å². The molecule has 0 fully saturated rings. The monoisotopic (exact) mass is 220 g/mol. The molecule has 0 saturated heterocycles. The predicted octanol–water partition coefficient (Wildman–Crippen LogP) is 1.32. The van der Waals surface area contributed by atoms with E-state index in [1.54, 1.807) is 23.2 Å². The number of nitrogens with zero attached hydrogens (tertiary/aromatic N) is 3. The Balaban J connectivity index is 2.39. The summed E-state index contributed by atoms with van der Waals surface area (Å²) in [7, 11) is 0. The molecule has 1 aromatic carbocycles. The molecule has 1 aliphatic heterocycles. The lowest BCUT2D eigenvalue weighted by atomic mass is 10.2. The molecule has 0 bridgehead atoms. The largest absolute Gasteiger partial charge is 0.385 e. The van der Waals surface area contributed by atoms with Gasteiger partial charge in [0, 0.05) is 12.0 Å². The minimum absolute atomic E-state index is 0.0492. The maximum absolute atomic E-state index is 10.8. The van der Waals surface area contributed by atoms with Crippen LogP contribution in [0.2, 0.25) is 0 Å². The highest BCUT2D eigenvalue weighted by atomic mass is 16.6. The second-order valence-corrected chi connectivity index (χ2v) is 3.75. The quantitative estimate of drug-likeness (QED) is 0.601. The van der Waals surface area contributed by atoms with Crippen LogP contribution < -0.4 is 10.7 Å². The average molecular weight is 220 g/mol. The van der Waals surface area contributed by atoms with E-state index >= 15 is 0 Å². The maximum Gasteiger partial charge on any atom is 0.294 e. The minimum Gasteiger partial charge on any atom is -0.385 e. The average Bonchev–Trinajstić information content (AvgIpc) is 2.59. The van der Waals surface area contributed by atoms with Gasteiger partial charge < -0.3 is 5.73 Å². The second kappa shape index (κ2) is 3.80. The molecule has 2 N–H and O–H groups in total. The number of nitro groups is 1. The van der Waals surface area contributed by atoms with Crippen LogP contribution in [0.3, 0.4) is 0 Å². The van der Waals surface area contributed by atoms with Crippen LogP contribution in [0.4, 0.5) is 11.4 Å². The van der Waals surface area contributed by atoms with E-state index in [1.165, 1.54) is 6.07 Å². The summed E-state index contributed by atoms with van der Waals surface area (Å²) in [5.41, 5.74) is 6.21. The van der Waals surface area contributed by atoms with Crippen LogP contribution in [-0.4, -0.2) is 17.3 Å². The molecule has 84 valence electrons. The molecule has 1 unspecified atom stereocenters. The number of para-hydroxylation sites is 2. The molecule has 6 heteroatoms. The molecule has 0 aromatic heterocycles. The van der Waals surface area contributed by atoms with Gasteiger partial charge in [0.25, 0.3) is 5.69 Å². The van der Waals surface area contributed by atoms with Gasteiger partial charge in [-0.05, 0) is 6.07 Å². The lowest BCUT2D eigenvalue weighted by Gasteiger charge is -2.13. The van der Waals surface area contributed by atoms with Gasteiger partial charge in [-0.25, -0.2) is 0 Å². The van der Waals surface area contributed by atoms with Crippen LogP contribution in [0, 0.1) is 16.0 Å². The van der Waals surface area contributed by atoms with Crippen molar-refractivity contribution in [3.8, 4) is 0 Å². The van der Waals surface area contributed by atoms with Gasteiger partial charge in [0.2, 0.25) is 0 Å². The number of amidine groups is 1. The fourth-order valence-corrected chi connectivity index (χ4v) is 1.62. The van der Waals surface area contributed by atoms with Crippen molar-refractivity contribution in [3.63, 3.8) is 0 Å². The van der Waals surface area contributed by atoms with E-state index in [4.69, 9.17) is 5.73 Å². The first-order valence-corrected chi connectivity index (χ1v) is 4.94. The van der Waals surface area contributed by atoms with Crippen molar-refractivity contribution in [2.45, 2.75) is 6.92 Å². The Morgan fingerprint density at radius 1 is 1.56 bits per heavy atom. The normalized spacial score (nSPS) is 19.7. The fraction of sp³-hybridized carbons (Fsp3) is 0.300. The molecule has 1 aliphatic rings. The molecule has 0 radical (unpaired) electrons. The van der Waals surface area contributed by atoms with Crippen molar-refractivity contribution in [1.82, 2.24) is 0 Å². The van der Waals surface area contributed by atoms with Crippen LogP contribution in [-0.2, 0) is 0 Å². The minimum atomic E-state index is -0.413. The zero-order valence-electron chi connectivity index (χ0n) is 8.83. The molecule has 1 atom stereocenters. The molecule has 1 aromatic rings. The molecule has 2 rings (SSSR count). The molecule has 0 aliphatic carbocycles. The van der Waals surface area contributed by atoms with Gasteiger partial charge in [-0.3, -0.25) is 15.1 Å². The second-order valence-electron chi connectivity index (χ2n) is 3.75. The van der Waals surface area contributed by atoms with Crippen LogP contribution >= 0.6 is 0 Å². The van der Waals surface area contributed by atoms with Crippen LogP contribution in [0.5, 0.6) is 0 Å². The van der Waals surface area contributed by atoms with Gasteiger partial charge in [0.05, 0.1) is 11.5 Å².